The maximum Gasteiger partial charge on any atom is 0.316 e. The molecule has 1 saturated carbocycles. The summed E-state index contributed by atoms with van der Waals surface area (Å²) in [6.45, 7) is 6.17. The molecule has 0 radical (unpaired) electrons. The number of carbonyl (C=O) groups excluding carboxylic acids is 1. The van der Waals surface area contributed by atoms with Crippen LogP contribution >= 0.6 is 0 Å². The number of nitrogens with zero attached hydrogens (tertiary/aromatic N) is 2. The highest BCUT2D eigenvalue weighted by atomic mass is 19.1. The Morgan fingerprint density at radius 2 is 1.86 bits per heavy atom. The molecular weight excluding hydrogens is 285 g/mol. The summed E-state index contributed by atoms with van der Waals surface area (Å²) in [5.74, 6) is -0.364. The highest BCUT2D eigenvalue weighted by molar-refractivity contribution is 5.76. The van der Waals surface area contributed by atoms with Crippen molar-refractivity contribution in [2.75, 3.05) is 0 Å². The Labute approximate surface area is 130 Å². The van der Waals surface area contributed by atoms with Crippen LogP contribution in [-0.4, -0.2) is 28.0 Å². The highest BCUT2D eigenvalue weighted by Gasteiger charge is 2.25. The third kappa shape index (κ3) is 5.58. The summed E-state index contributed by atoms with van der Waals surface area (Å²) in [6.07, 6.45) is 6.18. The minimum absolute atomic E-state index is 0.00428. The lowest BCUT2D eigenvalue weighted by Gasteiger charge is -2.29. The van der Waals surface area contributed by atoms with Gasteiger partial charge < -0.3 is 10.1 Å². The van der Waals surface area contributed by atoms with Crippen molar-refractivity contribution in [1.29, 1.82) is 0 Å². The van der Waals surface area contributed by atoms with Gasteiger partial charge in [0, 0.05) is 12.5 Å². The van der Waals surface area contributed by atoms with E-state index >= 15 is 0 Å². The zero-order valence-corrected chi connectivity index (χ0v) is 13.4. The second-order valence-corrected chi connectivity index (χ2v) is 7.08. The number of rotatable bonds is 4. The third-order valence-corrected chi connectivity index (χ3v) is 3.60. The van der Waals surface area contributed by atoms with Gasteiger partial charge in [0.05, 0.1) is 12.4 Å². The lowest BCUT2D eigenvalue weighted by atomic mass is 9.90. The fourth-order valence-corrected chi connectivity index (χ4v) is 2.60. The minimum Gasteiger partial charge on any atom is -0.460 e. The smallest absolute Gasteiger partial charge is 0.316 e. The lowest BCUT2D eigenvalue weighted by molar-refractivity contribution is -0.123. The fraction of sp³-hybridized carbons (Fsp3) is 0.688. The number of ether oxygens (including phenoxy) is 1. The lowest BCUT2D eigenvalue weighted by Crippen LogP contribution is -2.40. The average Bonchev–Trinajstić information content (AvgIpc) is 2.41. The Kier molecular flexibility index (Phi) is 5.32. The number of halogens is 1. The second-order valence-electron chi connectivity index (χ2n) is 7.08. The molecule has 0 aromatic carbocycles. The van der Waals surface area contributed by atoms with Crippen LogP contribution in [0.25, 0.3) is 0 Å². The number of carbonyl (C=O) groups is 1. The molecule has 0 unspecified atom stereocenters. The number of nitrogens with one attached hydrogen (secondary N) is 1. The van der Waals surface area contributed by atoms with E-state index in [0.29, 0.717) is 6.42 Å². The van der Waals surface area contributed by atoms with Crippen molar-refractivity contribution in [2.45, 2.75) is 65.0 Å². The van der Waals surface area contributed by atoms with Crippen molar-refractivity contribution in [2.24, 2.45) is 5.41 Å². The van der Waals surface area contributed by atoms with Crippen molar-refractivity contribution < 1.29 is 13.9 Å². The Bertz CT molecular complexity index is 491. The maximum atomic E-state index is 12.7. The van der Waals surface area contributed by atoms with Gasteiger partial charge in [0.15, 0.2) is 5.82 Å². The van der Waals surface area contributed by atoms with Crippen LogP contribution in [0.3, 0.4) is 0 Å². The molecule has 1 heterocycles. The van der Waals surface area contributed by atoms with Gasteiger partial charge >= 0.3 is 6.01 Å². The molecule has 6 heteroatoms. The molecule has 122 valence electrons. The summed E-state index contributed by atoms with van der Waals surface area (Å²) in [7, 11) is 0. The number of hydrogen-bond acceptors (Lipinski definition) is 4. The molecular formula is C16H24FN3O2. The molecule has 1 aliphatic rings. The van der Waals surface area contributed by atoms with Gasteiger partial charge in [-0.15, -0.1) is 0 Å². The maximum absolute atomic E-state index is 12.7. The van der Waals surface area contributed by atoms with Gasteiger partial charge in [0.25, 0.3) is 0 Å². The molecule has 0 spiro atoms. The van der Waals surface area contributed by atoms with Gasteiger partial charge in [-0.05, 0) is 31.1 Å². The van der Waals surface area contributed by atoms with Crippen LogP contribution < -0.4 is 10.1 Å². The Balaban J connectivity index is 1.73. The molecule has 1 amide bonds. The first-order valence-electron chi connectivity index (χ1n) is 7.75. The van der Waals surface area contributed by atoms with Crippen LogP contribution in [0.5, 0.6) is 6.01 Å². The summed E-state index contributed by atoms with van der Waals surface area (Å²) in [6, 6.07) is 0.422. The molecule has 1 N–H and O–H groups in total. The predicted octanol–water partition coefficient (Wildman–Crippen LogP) is 2.86. The highest BCUT2D eigenvalue weighted by Crippen LogP contribution is 2.23. The first-order valence-corrected chi connectivity index (χ1v) is 7.75. The fourth-order valence-electron chi connectivity index (χ4n) is 2.60. The van der Waals surface area contributed by atoms with Crippen LogP contribution in [-0.2, 0) is 4.79 Å². The monoisotopic (exact) mass is 309 g/mol. The van der Waals surface area contributed by atoms with Crippen molar-refractivity contribution in [3.8, 4) is 6.01 Å². The summed E-state index contributed by atoms with van der Waals surface area (Å²) >= 11 is 0. The van der Waals surface area contributed by atoms with E-state index in [1.807, 2.05) is 0 Å². The third-order valence-electron chi connectivity index (χ3n) is 3.60. The van der Waals surface area contributed by atoms with Gasteiger partial charge in [-0.1, -0.05) is 20.8 Å². The van der Waals surface area contributed by atoms with Crippen molar-refractivity contribution in [3.05, 3.63) is 18.2 Å². The minimum atomic E-state index is -0.474. The zero-order valence-electron chi connectivity index (χ0n) is 13.4. The van der Waals surface area contributed by atoms with E-state index in [0.717, 1.165) is 38.1 Å². The number of aromatic nitrogens is 2. The van der Waals surface area contributed by atoms with Gasteiger partial charge in [0.2, 0.25) is 5.91 Å². The van der Waals surface area contributed by atoms with Gasteiger partial charge in [0.1, 0.15) is 6.10 Å². The van der Waals surface area contributed by atoms with Crippen LogP contribution in [0, 0.1) is 11.2 Å². The van der Waals surface area contributed by atoms with E-state index in [-0.39, 0.29) is 29.5 Å². The zero-order chi connectivity index (χ0) is 16.2. The molecule has 1 fully saturated rings. The van der Waals surface area contributed by atoms with Crippen LogP contribution in [0.1, 0.15) is 52.9 Å². The SMILES string of the molecule is CC(C)(C)CC(=O)NC1CCC(Oc2ncc(F)cn2)CC1. The Morgan fingerprint density at radius 1 is 1.27 bits per heavy atom. The van der Waals surface area contributed by atoms with Crippen LogP contribution in [0.2, 0.25) is 0 Å². The number of hydrogen-bond donors (Lipinski definition) is 1. The van der Waals surface area contributed by atoms with Crippen molar-refractivity contribution in [1.82, 2.24) is 15.3 Å². The van der Waals surface area contributed by atoms with E-state index in [1.54, 1.807) is 0 Å². The molecule has 0 aliphatic heterocycles. The molecule has 0 bridgehead atoms. The average molecular weight is 309 g/mol. The van der Waals surface area contributed by atoms with Crippen LogP contribution in [0.4, 0.5) is 4.39 Å². The quantitative estimate of drug-likeness (QED) is 0.929. The second kappa shape index (κ2) is 7.03. The summed E-state index contributed by atoms with van der Waals surface area (Å²) in [5, 5.41) is 3.09. The van der Waals surface area contributed by atoms with E-state index in [2.05, 4.69) is 36.1 Å². The largest absolute Gasteiger partial charge is 0.460 e. The molecule has 1 aromatic heterocycles. The van der Waals surface area contributed by atoms with Gasteiger partial charge in [-0.2, -0.15) is 0 Å². The van der Waals surface area contributed by atoms with Gasteiger partial charge in [-0.3, -0.25) is 4.79 Å². The van der Waals surface area contributed by atoms with E-state index < -0.39 is 5.82 Å². The molecule has 5 nitrogen and oxygen atoms in total. The van der Waals surface area contributed by atoms with Gasteiger partial charge in [-0.25, -0.2) is 14.4 Å². The summed E-state index contributed by atoms with van der Waals surface area (Å²) < 4.78 is 18.4. The molecule has 2 rings (SSSR count). The first-order chi connectivity index (χ1) is 10.3. The topological polar surface area (TPSA) is 64.1 Å². The molecule has 1 aliphatic carbocycles. The van der Waals surface area contributed by atoms with E-state index in [9.17, 15) is 9.18 Å². The van der Waals surface area contributed by atoms with E-state index in [4.69, 9.17) is 4.74 Å². The molecule has 0 atom stereocenters. The first kappa shape index (κ1) is 16.6. The van der Waals surface area contributed by atoms with Crippen molar-refractivity contribution in [3.63, 3.8) is 0 Å². The molecule has 22 heavy (non-hydrogen) atoms. The Morgan fingerprint density at radius 3 is 2.41 bits per heavy atom. The van der Waals surface area contributed by atoms with Crippen molar-refractivity contribution >= 4 is 5.91 Å². The Hall–Kier alpha value is -1.72. The summed E-state index contributed by atoms with van der Waals surface area (Å²) in [5.41, 5.74) is 0.00428. The van der Waals surface area contributed by atoms with Crippen LogP contribution in [0.15, 0.2) is 12.4 Å². The summed E-state index contributed by atoms with van der Waals surface area (Å²) in [4.78, 5) is 19.5. The molecule has 1 aromatic rings. The standard InChI is InChI=1S/C16H24FN3O2/c1-16(2,3)8-14(21)20-12-4-6-13(7-5-12)22-15-18-9-11(17)10-19-15/h9-10,12-13H,4-8H2,1-3H3,(H,20,21). The normalized spacial score (nSPS) is 22.2. The predicted molar refractivity (Wildman–Crippen MR) is 80.9 cm³/mol. The van der Waals surface area contributed by atoms with E-state index in [1.165, 1.54) is 0 Å². The molecule has 0 saturated heterocycles. The number of amides is 1.